The van der Waals surface area contributed by atoms with E-state index in [0.717, 1.165) is 25.0 Å². The molecule has 0 aliphatic carbocycles. The highest BCUT2D eigenvalue weighted by molar-refractivity contribution is 5.78. The molecule has 0 heterocycles. The standard InChI is InChI=1S/C12H17N/c1-10-6-3-4-8-12(10)9-5-7-11(2)13/h3-4,6,8,13H,5,7,9H2,1-2H3. The average Bonchev–Trinajstić information content (AvgIpc) is 2.08. The van der Waals surface area contributed by atoms with Crippen LogP contribution in [0, 0.1) is 12.3 Å². The van der Waals surface area contributed by atoms with Crippen LogP contribution in [-0.2, 0) is 6.42 Å². The molecule has 1 aromatic rings. The normalized spacial score (nSPS) is 10.0. The van der Waals surface area contributed by atoms with Crippen LogP contribution >= 0.6 is 0 Å². The minimum Gasteiger partial charge on any atom is -0.310 e. The van der Waals surface area contributed by atoms with E-state index in [9.17, 15) is 0 Å². The summed E-state index contributed by atoms with van der Waals surface area (Å²) in [5.74, 6) is 0. The number of benzene rings is 1. The number of hydrogen-bond acceptors (Lipinski definition) is 1. The van der Waals surface area contributed by atoms with Gasteiger partial charge < -0.3 is 5.41 Å². The first-order chi connectivity index (χ1) is 6.20. The van der Waals surface area contributed by atoms with E-state index in [1.165, 1.54) is 11.1 Å². The molecule has 1 N–H and O–H groups in total. The Morgan fingerprint density at radius 2 is 2.00 bits per heavy atom. The van der Waals surface area contributed by atoms with E-state index >= 15 is 0 Å². The molecular weight excluding hydrogens is 158 g/mol. The SMILES string of the molecule is CC(=N)CCCc1ccccc1C. The first-order valence-corrected chi connectivity index (χ1v) is 4.78. The fraction of sp³-hybridized carbons (Fsp3) is 0.417. The molecule has 0 aromatic heterocycles. The summed E-state index contributed by atoms with van der Waals surface area (Å²) in [6.07, 6.45) is 3.12. The van der Waals surface area contributed by atoms with Gasteiger partial charge in [-0.15, -0.1) is 0 Å². The maximum atomic E-state index is 7.31. The molecule has 13 heavy (non-hydrogen) atoms. The molecule has 0 fully saturated rings. The van der Waals surface area contributed by atoms with Crippen LogP contribution in [-0.4, -0.2) is 5.71 Å². The van der Waals surface area contributed by atoms with Gasteiger partial charge in [0, 0.05) is 5.71 Å². The van der Waals surface area contributed by atoms with Crippen LogP contribution in [0.15, 0.2) is 24.3 Å². The predicted molar refractivity (Wildman–Crippen MR) is 57.5 cm³/mol. The van der Waals surface area contributed by atoms with Crippen LogP contribution in [0.2, 0.25) is 0 Å². The maximum Gasteiger partial charge on any atom is 0.00583 e. The van der Waals surface area contributed by atoms with E-state index in [-0.39, 0.29) is 0 Å². The van der Waals surface area contributed by atoms with Crippen molar-refractivity contribution in [3.05, 3.63) is 35.4 Å². The number of rotatable bonds is 4. The van der Waals surface area contributed by atoms with Crippen molar-refractivity contribution in [1.82, 2.24) is 0 Å². The van der Waals surface area contributed by atoms with Crippen molar-refractivity contribution in [1.29, 1.82) is 5.41 Å². The van der Waals surface area contributed by atoms with Crippen molar-refractivity contribution in [2.75, 3.05) is 0 Å². The molecule has 0 saturated carbocycles. The van der Waals surface area contributed by atoms with Crippen molar-refractivity contribution >= 4 is 5.71 Å². The highest BCUT2D eigenvalue weighted by Gasteiger charge is 1.96. The Labute approximate surface area is 80.3 Å². The Kier molecular flexibility index (Phi) is 3.69. The largest absolute Gasteiger partial charge is 0.310 e. The van der Waals surface area contributed by atoms with E-state index < -0.39 is 0 Å². The third-order valence-electron chi connectivity index (χ3n) is 2.26. The lowest BCUT2D eigenvalue weighted by atomic mass is 10.0. The fourth-order valence-electron chi connectivity index (χ4n) is 1.43. The minimum atomic E-state index is 0.786. The monoisotopic (exact) mass is 175 g/mol. The van der Waals surface area contributed by atoms with E-state index in [2.05, 4.69) is 31.2 Å². The first-order valence-electron chi connectivity index (χ1n) is 4.78. The number of hydrogen-bond donors (Lipinski definition) is 1. The molecule has 0 aliphatic heterocycles. The summed E-state index contributed by atoms with van der Waals surface area (Å²) in [4.78, 5) is 0. The van der Waals surface area contributed by atoms with E-state index in [4.69, 9.17) is 5.41 Å². The molecule has 70 valence electrons. The van der Waals surface area contributed by atoms with Gasteiger partial charge in [-0.05, 0) is 44.2 Å². The summed E-state index contributed by atoms with van der Waals surface area (Å²) in [5, 5.41) is 7.31. The van der Waals surface area contributed by atoms with Gasteiger partial charge in [-0.25, -0.2) is 0 Å². The summed E-state index contributed by atoms with van der Waals surface area (Å²) in [7, 11) is 0. The van der Waals surface area contributed by atoms with Gasteiger partial charge in [0.05, 0.1) is 0 Å². The van der Waals surface area contributed by atoms with Crippen molar-refractivity contribution in [2.24, 2.45) is 0 Å². The third kappa shape index (κ3) is 3.41. The molecular formula is C12H17N. The molecule has 0 spiro atoms. The van der Waals surface area contributed by atoms with Crippen LogP contribution in [0.4, 0.5) is 0 Å². The lowest BCUT2D eigenvalue weighted by molar-refractivity contribution is 0.854. The van der Waals surface area contributed by atoms with Crippen molar-refractivity contribution in [3.8, 4) is 0 Å². The highest BCUT2D eigenvalue weighted by Crippen LogP contribution is 2.10. The van der Waals surface area contributed by atoms with Gasteiger partial charge in [-0.1, -0.05) is 24.3 Å². The molecule has 0 saturated heterocycles. The molecule has 0 aliphatic rings. The first kappa shape index (κ1) is 9.97. The number of aryl methyl sites for hydroxylation is 2. The molecule has 0 bridgehead atoms. The maximum absolute atomic E-state index is 7.31. The van der Waals surface area contributed by atoms with Crippen LogP contribution < -0.4 is 0 Å². The number of nitrogens with one attached hydrogen (secondary N) is 1. The second kappa shape index (κ2) is 4.80. The van der Waals surface area contributed by atoms with E-state index in [1.54, 1.807) is 0 Å². The summed E-state index contributed by atoms with van der Waals surface area (Å²) in [6, 6.07) is 8.47. The third-order valence-corrected chi connectivity index (χ3v) is 2.26. The van der Waals surface area contributed by atoms with Gasteiger partial charge in [-0.2, -0.15) is 0 Å². The summed E-state index contributed by atoms with van der Waals surface area (Å²) in [5.41, 5.74) is 3.57. The van der Waals surface area contributed by atoms with Crippen LogP contribution in [0.1, 0.15) is 30.9 Å². The zero-order valence-corrected chi connectivity index (χ0v) is 8.43. The topological polar surface area (TPSA) is 23.9 Å². The molecule has 0 unspecified atom stereocenters. The van der Waals surface area contributed by atoms with Gasteiger partial charge in [0.25, 0.3) is 0 Å². The lowest BCUT2D eigenvalue weighted by Crippen LogP contribution is -1.93. The van der Waals surface area contributed by atoms with Gasteiger partial charge in [0.15, 0.2) is 0 Å². The Morgan fingerprint density at radius 3 is 2.62 bits per heavy atom. The molecule has 1 rings (SSSR count). The molecule has 0 atom stereocenters. The zero-order chi connectivity index (χ0) is 9.68. The van der Waals surface area contributed by atoms with Crippen molar-refractivity contribution in [3.63, 3.8) is 0 Å². The summed E-state index contributed by atoms with van der Waals surface area (Å²) < 4.78 is 0. The second-order valence-corrected chi connectivity index (χ2v) is 3.56. The fourth-order valence-corrected chi connectivity index (χ4v) is 1.43. The van der Waals surface area contributed by atoms with Gasteiger partial charge in [0.1, 0.15) is 0 Å². The zero-order valence-electron chi connectivity index (χ0n) is 8.43. The minimum absolute atomic E-state index is 0.786. The van der Waals surface area contributed by atoms with Crippen LogP contribution in [0.5, 0.6) is 0 Å². The molecule has 1 heteroatoms. The Balaban J connectivity index is 2.45. The smallest absolute Gasteiger partial charge is 0.00583 e. The van der Waals surface area contributed by atoms with Crippen molar-refractivity contribution < 1.29 is 0 Å². The van der Waals surface area contributed by atoms with Crippen molar-refractivity contribution in [2.45, 2.75) is 33.1 Å². The lowest BCUT2D eigenvalue weighted by Gasteiger charge is -2.04. The van der Waals surface area contributed by atoms with Gasteiger partial charge in [-0.3, -0.25) is 0 Å². The van der Waals surface area contributed by atoms with Gasteiger partial charge in [0.2, 0.25) is 0 Å². The van der Waals surface area contributed by atoms with Crippen LogP contribution in [0.3, 0.4) is 0 Å². The van der Waals surface area contributed by atoms with Crippen LogP contribution in [0.25, 0.3) is 0 Å². The van der Waals surface area contributed by atoms with E-state index in [0.29, 0.717) is 0 Å². The summed E-state index contributed by atoms with van der Waals surface area (Å²) in [6.45, 7) is 4.02. The molecule has 1 aromatic carbocycles. The highest BCUT2D eigenvalue weighted by atomic mass is 14.4. The predicted octanol–water partition coefficient (Wildman–Crippen LogP) is 3.36. The Hall–Kier alpha value is -1.11. The average molecular weight is 175 g/mol. The molecule has 1 nitrogen and oxygen atoms in total. The molecule has 0 amide bonds. The molecule has 0 radical (unpaired) electrons. The quantitative estimate of drug-likeness (QED) is 0.678. The second-order valence-electron chi connectivity index (χ2n) is 3.56. The Bertz CT molecular complexity index is 289. The Morgan fingerprint density at radius 1 is 1.31 bits per heavy atom. The van der Waals surface area contributed by atoms with E-state index in [1.807, 2.05) is 6.92 Å². The van der Waals surface area contributed by atoms with Gasteiger partial charge >= 0.3 is 0 Å². The summed E-state index contributed by atoms with van der Waals surface area (Å²) >= 11 is 0.